The molecule has 0 saturated heterocycles. The molecule has 0 aromatic heterocycles. The van der Waals surface area contributed by atoms with Gasteiger partial charge in [0.1, 0.15) is 5.75 Å². The first-order valence-electron chi connectivity index (χ1n) is 5.40. The van der Waals surface area contributed by atoms with Crippen LogP contribution < -0.4 is 10.1 Å². The fourth-order valence-corrected chi connectivity index (χ4v) is 1.76. The first-order chi connectivity index (χ1) is 6.90. The molecule has 0 atom stereocenters. The first kappa shape index (κ1) is 9.38. The third kappa shape index (κ3) is 2.00. The van der Waals surface area contributed by atoms with Crippen LogP contribution in [0, 0.1) is 0 Å². The van der Waals surface area contributed by atoms with E-state index < -0.39 is 0 Å². The SMILES string of the molecule is CCCc1ccc2c(c1)NCCCO2. The Balaban J connectivity index is 2.23. The van der Waals surface area contributed by atoms with Crippen molar-refractivity contribution in [3.63, 3.8) is 0 Å². The van der Waals surface area contributed by atoms with E-state index in [1.165, 1.54) is 12.0 Å². The minimum atomic E-state index is 0.827. The van der Waals surface area contributed by atoms with Gasteiger partial charge < -0.3 is 10.1 Å². The second-order valence-corrected chi connectivity index (χ2v) is 3.71. The molecule has 0 saturated carbocycles. The zero-order valence-corrected chi connectivity index (χ0v) is 8.68. The molecule has 76 valence electrons. The van der Waals surface area contributed by atoms with E-state index in [2.05, 4.69) is 30.4 Å². The van der Waals surface area contributed by atoms with Gasteiger partial charge in [0.15, 0.2) is 0 Å². The molecule has 1 N–H and O–H groups in total. The van der Waals surface area contributed by atoms with E-state index in [1.54, 1.807) is 0 Å². The maximum Gasteiger partial charge on any atom is 0.142 e. The molecule has 1 aromatic carbocycles. The minimum absolute atomic E-state index is 0.827. The van der Waals surface area contributed by atoms with E-state index in [-0.39, 0.29) is 0 Å². The van der Waals surface area contributed by atoms with E-state index >= 15 is 0 Å². The van der Waals surface area contributed by atoms with Crippen molar-refractivity contribution in [2.75, 3.05) is 18.5 Å². The maximum atomic E-state index is 5.62. The molecule has 0 aliphatic carbocycles. The van der Waals surface area contributed by atoms with E-state index in [0.717, 1.165) is 37.4 Å². The summed E-state index contributed by atoms with van der Waals surface area (Å²) < 4.78 is 5.62. The summed E-state index contributed by atoms with van der Waals surface area (Å²) in [6.45, 7) is 4.05. The normalized spacial score (nSPS) is 14.9. The van der Waals surface area contributed by atoms with Crippen LogP contribution in [-0.2, 0) is 6.42 Å². The van der Waals surface area contributed by atoms with Gasteiger partial charge >= 0.3 is 0 Å². The van der Waals surface area contributed by atoms with Crippen molar-refractivity contribution in [1.82, 2.24) is 0 Å². The van der Waals surface area contributed by atoms with Crippen LogP contribution in [0.5, 0.6) is 5.75 Å². The maximum absolute atomic E-state index is 5.62. The fourth-order valence-electron chi connectivity index (χ4n) is 1.76. The Hall–Kier alpha value is -1.18. The summed E-state index contributed by atoms with van der Waals surface area (Å²) in [5.74, 6) is 1.00. The van der Waals surface area contributed by atoms with Crippen LogP contribution in [0.4, 0.5) is 5.69 Å². The summed E-state index contributed by atoms with van der Waals surface area (Å²) in [6, 6.07) is 6.46. The molecular weight excluding hydrogens is 174 g/mol. The molecule has 0 radical (unpaired) electrons. The van der Waals surface area contributed by atoms with Crippen molar-refractivity contribution in [1.29, 1.82) is 0 Å². The second kappa shape index (κ2) is 4.36. The molecule has 2 heteroatoms. The van der Waals surface area contributed by atoms with Gasteiger partial charge in [0.25, 0.3) is 0 Å². The third-order valence-corrected chi connectivity index (χ3v) is 2.48. The fraction of sp³-hybridized carbons (Fsp3) is 0.500. The van der Waals surface area contributed by atoms with Crippen LogP contribution in [0.3, 0.4) is 0 Å². The predicted molar refractivity (Wildman–Crippen MR) is 59.0 cm³/mol. The largest absolute Gasteiger partial charge is 0.491 e. The lowest BCUT2D eigenvalue weighted by Crippen LogP contribution is -2.00. The number of ether oxygens (including phenoxy) is 1. The van der Waals surface area contributed by atoms with E-state index in [4.69, 9.17) is 4.74 Å². The highest BCUT2D eigenvalue weighted by molar-refractivity contribution is 5.58. The lowest BCUT2D eigenvalue weighted by molar-refractivity contribution is 0.323. The predicted octanol–water partition coefficient (Wildman–Crippen LogP) is 2.83. The zero-order valence-electron chi connectivity index (χ0n) is 8.68. The Morgan fingerprint density at radius 2 is 2.36 bits per heavy atom. The number of aryl methyl sites for hydroxylation is 1. The summed E-state index contributed by atoms with van der Waals surface area (Å²) in [5.41, 5.74) is 2.55. The third-order valence-electron chi connectivity index (χ3n) is 2.48. The first-order valence-corrected chi connectivity index (χ1v) is 5.40. The summed E-state index contributed by atoms with van der Waals surface area (Å²) >= 11 is 0. The van der Waals surface area contributed by atoms with Crippen molar-refractivity contribution in [2.45, 2.75) is 26.2 Å². The van der Waals surface area contributed by atoms with Crippen molar-refractivity contribution >= 4 is 5.69 Å². The van der Waals surface area contributed by atoms with Crippen LogP contribution >= 0.6 is 0 Å². The van der Waals surface area contributed by atoms with Gasteiger partial charge in [-0.15, -0.1) is 0 Å². The number of anilines is 1. The molecule has 0 amide bonds. The minimum Gasteiger partial charge on any atom is -0.491 e. The van der Waals surface area contributed by atoms with Crippen LogP contribution in [0.1, 0.15) is 25.3 Å². The van der Waals surface area contributed by atoms with Gasteiger partial charge in [0.2, 0.25) is 0 Å². The number of rotatable bonds is 2. The molecule has 1 aliphatic rings. The molecule has 0 spiro atoms. The van der Waals surface area contributed by atoms with Crippen LogP contribution in [0.15, 0.2) is 18.2 Å². The molecule has 1 aromatic rings. The van der Waals surface area contributed by atoms with Gasteiger partial charge in [0, 0.05) is 6.54 Å². The van der Waals surface area contributed by atoms with E-state index in [1.807, 2.05) is 0 Å². The van der Waals surface area contributed by atoms with Crippen LogP contribution in [0.25, 0.3) is 0 Å². The average molecular weight is 191 g/mol. The Labute approximate surface area is 85.3 Å². The Morgan fingerprint density at radius 3 is 3.21 bits per heavy atom. The van der Waals surface area contributed by atoms with Crippen molar-refractivity contribution in [3.05, 3.63) is 23.8 Å². The number of hydrogen-bond donors (Lipinski definition) is 1. The van der Waals surface area contributed by atoms with Gasteiger partial charge in [-0.2, -0.15) is 0 Å². The van der Waals surface area contributed by atoms with E-state index in [9.17, 15) is 0 Å². The molecule has 0 unspecified atom stereocenters. The number of benzene rings is 1. The van der Waals surface area contributed by atoms with E-state index in [0.29, 0.717) is 0 Å². The molecular formula is C12H17NO. The van der Waals surface area contributed by atoms with Gasteiger partial charge in [-0.3, -0.25) is 0 Å². The van der Waals surface area contributed by atoms with Gasteiger partial charge in [-0.1, -0.05) is 19.4 Å². The zero-order chi connectivity index (χ0) is 9.80. The molecule has 14 heavy (non-hydrogen) atoms. The average Bonchev–Trinajstić information content (AvgIpc) is 2.42. The lowest BCUT2D eigenvalue weighted by atomic mass is 10.1. The van der Waals surface area contributed by atoms with Gasteiger partial charge in [-0.25, -0.2) is 0 Å². The summed E-state index contributed by atoms with van der Waals surface area (Å²) in [4.78, 5) is 0. The Kier molecular flexibility index (Phi) is 2.92. The highest BCUT2D eigenvalue weighted by atomic mass is 16.5. The second-order valence-electron chi connectivity index (χ2n) is 3.71. The topological polar surface area (TPSA) is 21.3 Å². The smallest absolute Gasteiger partial charge is 0.142 e. The monoisotopic (exact) mass is 191 g/mol. The lowest BCUT2D eigenvalue weighted by Gasteiger charge is -2.09. The number of fused-ring (bicyclic) bond motifs is 1. The van der Waals surface area contributed by atoms with Crippen molar-refractivity contribution < 1.29 is 4.74 Å². The molecule has 0 fully saturated rings. The molecule has 1 aliphatic heterocycles. The quantitative estimate of drug-likeness (QED) is 0.776. The number of hydrogen-bond acceptors (Lipinski definition) is 2. The van der Waals surface area contributed by atoms with Gasteiger partial charge in [-0.05, 0) is 30.5 Å². The summed E-state index contributed by atoms with van der Waals surface area (Å²) in [6.07, 6.45) is 3.42. The van der Waals surface area contributed by atoms with Crippen LogP contribution in [0.2, 0.25) is 0 Å². The Morgan fingerprint density at radius 1 is 1.43 bits per heavy atom. The molecule has 1 heterocycles. The summed E-state index contributed by atoms with van der Waals surface area (Å²) in [7, 11) is 0. The molecule has 2 rings (SSSR count). The Bertz CT molecular complexity index is 309. The highest BCUT2D eigenvalue weighted by Gasteiger charge is 2.07. The number of nitrogens with one attached hydrogen (secondary N) is 1. The molecule has 2 nitrogen and oxygen atoms in total. The standard InChI is InChI=1S/C12H17NO/c1-2-4-10-5-6-12-11(9-10)13-7-3-8-14-12/h5-6,9,13H,2-4,7-8H2,1H3. The summed E-state index contributed by atoms with van der Waals surface area (Å²) in [5, 5.41) is 3.40. The van der Waals surface area contributed by atoms with Crippen LogP contribution in [-0.4, -0.2) is 13.2 Å². The van der Waals surface area contributed by atoms with Crippen molar-refractivity contribution in [3.8, 4) is 5.75 Å². The van der Waals surface area contributed by atoms with Crippen molar-refractivity contribution in [2.24, 2.45) is 0 Å². The highest BCUT2D eigenvalue weighted by Crippen LogP contribution is 2.27. The van der Waals surface area contributed by atoms with Gasteiger partial charge in [0.05, 0.1) is 12.3 Å². The molecule has 0 bridgehead atoms.